The number of hydrogen-bond donors (Lipinski definition) is 1. The van der Waals surface area contributed by atoms with E-state index in [1.54, 1.807) is 10.9 Å². The molecule has 0 saturated carbocycles. The molecular weight excluding hydrogens is 326 g/mol. The molecule has 4 rings (SSSR count). The molecule has 1 aromatic carbocycles. The summed E-state index contributed by atoms with van der Waals surface area (Å²) in [7, 11) is 1.86. The van der Waals surface area contributed by atoms with Crippen molar-refractivity contribution in [2.75, 3.05) is 5.32 Å². The molecule has 1 N–H and O–H groups in total. The molecule has 0 radical (unpaired) electrons. The Kier molecular flexibility index (Phi) is 3.45. The van der Waals surface area contributed by atoms with Crippen LogP contribution in [-0.4, -0.2) is 24.3 Å². The van der Waals surface area contributed by atoms with Crippen molar-refractivity contribution in [1.82, 2.24) is 24.3 Å². The summed E-state index contributed by atoms with van der Waals surface area (Å²) >= 11 is 0. The second-order valence-corrected chi connectivity index (χ2v) is 5.72. The van der Waals surface area contributed by atoms with Gasteiger partial charge in [0.15, 0.2) is 0 Å². The summed E-state index contributed by atoms with van der Waals surface area (Å²) in [6, 6.07) is 6.91. The molecule has 3 heterocycles. The lowest BCUT2D eigenvalue weighted by molar-refractivity contribution is 0.584. The quantitative estimate of drug-likeness (QED) is 0.620. The normalized spacial score (nSPS) is 11.2. The van der Waals surface area contributed by atoms with Gasteiger partial charge in [-0.05, 0) is 31.2 Å². The van der Waals surface area contributed by atoms with Crippen LogP contribution in [0, 0.1) is 18.6 Å². The van der Waals surface area contributed by atoms with E-state index < -0.39 is 11.6 Å². The zero-order valence-electron chi connectivity index (χ0n) is 13.5. The highest BCUT2D eigenvalue weighted by Crippen LogP contribution is 2.26. The summed E-state index contributed by atoms with van der Waals surface area (Å²) < 4.78 is 30.3. The number of nitrogens with zero attached hydrogens (tertiary/aromatic N) is 5. The van der Waals surface area contributed by atoms with Gasteiger partial charge in [0.25, 0.3) is 5.95 Å². The Hall–Kier alpha value is -3.29. The van der Waals surface area contributed by atoms with Gasteiger partial charge in [0.2, 0.25) is 0 Å². The third kappa shape index (κ3) is 2.82. The van der Waals surface area contributed by atoms with Crippen molar-refractivity contribution >= 4 is 22.5 Å². The van der Waals surface area contributed by atoms with Crippen LogP contribution in [0.3, 0.4) is 0 Å². The van der Waals surface area contributed by atoms with Crippen LogP contribution in [0.1, 0.15) is 5.69 Å². The van der Waals surface area contributed by atoms with Crippen LogP contribution in [0.2, 0.25) is 0 Å². The van der Waals surface area contributed by atoms with Crippen LogP contribution < -0.4 is 5.32 Å². The fraction of sp³-hybridized carbons (Fsp3) is 0.118. The van der Waals surface area contributed by atoms with E-state index in [1.807, 2.05) is 36.9 Å². The number of benzene rings is 1. The first-order valence-electron chi connectivity index (χ1n) is 7.58. The minimum atomic E-state index is -0.663. The van der Waals surface area contributed by atoms with Crippen LogP contribution in [-0.2, 0) is 7.05 Å². The summed E-state index contributed by atoms with van der Waals surface area (Å²) in [6.07, 6.45) is 3.60. The third-order valence-electron chi connectivity index (χ3n) is 3.77. The molecule has 0 spiro atoms. The first kappa shape index (κ1) is 15.3. The molecule has 25 heavy (non-hydrogen) atoms. The summed E-state index contributed by atoms with van der Waals surface area (Å²) in [5.74, 6) is -0.520. The Morgan fingerprint density at radius 2 is 1.76 bits per heavy atom. The van der Waals surface area contributed by atoms with Crippen LogP contribution >= 0.6 is 0 Å². The van der Waals surface area contributed by atoms with Crippen LogP contribution in [0.15, 0.2) is 42.7 Å². The monoisotopic (exact) mass is 340 g/mol. The van der Waals surface area contributed by atoms with Gasteiger partial charge in [-0.3, -0.25) is 0 Å². The van der Waals surface area contributed by atoms with E-state index >= 15 is 0 Å². The number of nitrogens with one attached hydrogen (secondary N) is 1. The third-order valence-corrected chi connectivity index (χ3v) is 3.77. The topological polar surface area (TPSA) is 60.6 Å². The maximum absolute atomic E-state index is 13.5. The summed E-state index contributed by atoms with van der Waals surface area (Å²) in [4.78, 5) is 8.99. The predicted octanol–water partition coefficient (Wildman–Crippen LogP) is 3.48. The molecule has 3 aromatic heterocycles. The summed E-state index contributed by atoms with van der Waals surface area (Å²) in [5, 5.41) is 8.02. The predicted molar refractivity (Wildman–Crippen MR) is 90.0 cm³/mol. The van der Waals surface area contributed by atoms with E-state index in [4.69, 9.17) is 0 Å². The van der Waals surface area contributed by atoms with Crippen LogP contribution in [0.25, 0.3) is 17.0 Å². The molecule has 0 amide bonds. The van der Waals surface area contributed by atoms with E-state index in [2.05, 4.69) is 20.4 Å². The van der Waals surface area contributed by atoms with Crippen molar-refractivity contribution < 1.29 is 8.78 Å². The highest BCUT2D eigenvalue weighted by molar-refractivity contribution is 5.90. The molecule has 4 aromatic rings. The second-order valence-electron chi connectivity index (χ2n) is 5.72. The number of aromatic nitrogens is 5. The molecule has 126 valence electrons. The SMILES string of the molecule is Cc1ccn(-c2nc(Nc3cc(F)cc(F)c3)c3ccn(C)c3n2)n1. The molecule has 0 aliphatic heterocycles. The molecule has 6 nitrogen and oxygen atoms in total. The van der Waals surface area contributed by atoms with Gasteiger partial charge in [0.1, 0.15) is 23.1 Å². The molecule has 0 unspecified atom stereocenters. The van der Waals surface area contributed by atoms with Gasteiger partial charge in [0, 0.05) is 31.2 Å². The van der Waals surface area contributed by atoms with E-state index in [0.29, 0.717) is 17.4 Å². The smallest absolute Gasteiger partial charge is 0.254 e. The molecular formula is C17H14F2N6. The van der Waals surface area contributed by atoms with Crippen molar-refractivity contribution in [1.29, 1.82) is 0 Å². The van der Waals surface area contributed by atoms with Gasteiger partial charge in [-0.25, -0.2) is 13.5 Å². The zero-order chi connectivity index (χ0) is 17.6. The zero-order valence-corrected chi connectivity index (χ0v) is 13.5. The lowest BCUT2D eigenvalue weighted by Gasteiger charge is -2.10. The number of anilines is 2. The molecule has 0 fully saturated rings. The number of halogens is 2. The van der Waals surface area contributed by atoms with Crippen molar-refractivity contribution in [3.05, 3.63) is 60.1 Å². The van der Waals surface area contributed by atoms with Crippen LogP contribution in [0.4, 0.5) is 20.3 Å². The number of aryl methyl sites for hydroxylation is 2. The maximum atomic E-state index is 13.5. The Labute approximate surface area is 141 Å². The Morgan fingerprint density at radius 1 is 1.00 bits per heavy atom. The Morgan fingerprint density at radius 3 is 2.44 bits per heavy atom. The molecule has 0 atom stereocenters. The summed E-state index contributed by atoms with van der Waals surface area (Å²) in [6.45, 7) is 1.87. The van der Waals surface area contributed by atoms with Gasteiger partial charge in [0.05, 0.1) is 11.1 Å². The molecule has 8 heteroatoms. The molecule has 0 saturated heterocycles. The average molecular weight is 340 g/mol. The van der Waals surface area contributed by atoms with Gasteiger partial charge >= 0.3 is 0 Å². The standard InChI is InChI=1S/C17H14F2N6/c1-10-3-6-25(23-10)17-21-15(14-4-5-24(2)16(14)22-17)20-13-8-11(18)7-12(19)9-13/h3-9H,1-2H3,(H,20,21,22). The van der Waals surface area contributed by atoms with E-state index in [0.717, 1.165) is 17.1 Å². The van der Waals surface area contributed by atoms with Crippen molar-refractivity contribution in [2.24, 2.45) is 7.05 Å². The van der Waals surface area contributed by atoms with Gasteiger partial charge in [-0.1, -0.05) is 0 Å². The largest absolute Gasteiger partial charge is 0.339 e. The lowest BCUT2D eigenvalue weighted by Crippen LogP contribution is -2.06. The van der Waals surface area contributed by atoms with Gasteiger partial charge in [-0.15, -0.1) is 0 Å². The van der Waals surface area contributed by atoms with Gasteiger partial charge in [-0.2, -0.15) is 15.1 Å². The van der Waals surface area contributed by atoms with E-state index in [1.165, 1.54) is 12.1 Å². The van der Waals surface area contributed by atoms with Crippen LogP contribution in [0.5, 0.6) is 0 Å². The first-order valence-corrected chi connectivity index (χ1v) is 7.58. The second kappa shape index (κ2) is 5.66. The highest BCUT2D eigenvalue weighted by atomic mass is 19.1. The fourth-order valence-corrected chi connectivity index (χ4v) is 2.61. The van der Waals surface area contributed by atoms with Crippen molar-refractivity contribution in [3.63, 3.8) is 0 Å². The average Bonchev–Trinajstić information content (AvgIpc) is 3.13. The van der Waals surface area contributed by atoms with E-state index in [-0.39, 0.29) is 5.69 Å². The summed E-state index contributed by atoms with van der Waals surface area (Å²) in [5.41, 5.74) is 1.78. The minimum Gasteiger partial charge on any atom is -0.339 e. The molecule has 0 aliphatic rings. The highest BCUT2D eigenvalue weighted by Gasteiger charge is 2.13. The fourth-order valence-electron chi connectivity index (χ4n) is 2.61. The Balaban J connectivity index is 1.86. The Bertz CT molecular complexity index is 1060. The van der Waals surface area contributed by atoms with E-state index in [9.17, 15) is 8.78 Å². The maximum Gasteiger partial charge on any atom is 0.254 e. The lowest BCUT2D eigenvalue weighted by atomic mass is 10.3. The molecule has 0 bridgehead atoms. The molecule has 0 aliphatic carbocycles. The van der Waals surface area contributed by atoms with Gasteiger partial charge < -0.3 is 9.88 Å². The number of hydrogen-bond acceptors (Lipinski definition) is 4. The first-order chi connectivity index (χ1) is 12.0. The number of fused-ring (bicyclic) bond motifs is 1. The minimum absolute atomic E-state index is 0.268. The van der Waals surface area contributed by atoms with Crippen molar-refractivity contribution in [3.8, 4) is 5.95 Å². The number of rotatable bonds is 3. The van der Waals surface area contributed by atoms with Crippen molar-refractivity contribution in [2.45, 2.75) is 6.92 Å².